The molecule has 0 bridgehead atoms. The Bertz CT molecular complexity index is 342. The molecule has 1 N–H and O–H groups in total. The molecule has 0 aliphatic carbocycles. The molecule has 0 saturated carbocycles. The van der Waals surface area contributed by atoms with Gasteiger partial charge < -0.3 is 9.90 Å². The van der Waals surface area contributed by atoms with Gasteiger partial charge in [0.2, 0.25) is 0 Å². The third kappa shape index (κ3) is 20.8. The highest BCUT2D eigenvalue weighted by atomic mass is 16.4. The summed E-state index contributed by atoms with van der Waals surface area (Å²) in [5, 5.41) is 8.67. The van der Waals surface area contributed by atoms with E-state index in [4.69, 9.17) is 5.11 Å². The van der Waals surface area contributed by atoms with Crippen LogP contribution in [0.15, 0.2) is 12.2 Å². The highest BCUT2D eigenvalue weighted by Gasteiger charge is 2.02. The Labute approximate surface area is 154 Å². The van der Waals surface area contributed by atoms with Crippen LogP contribution in [0.2, 0.25) is 0 Å². The van der Waals surface area contributed by atoms with E-state index in [0.717, 1.165) is 32.1 Å². The minimum atomic E-state index is -0.745. The van der Waals surface area contributed by atoms with E-state index >= 15 is 0 Å². The number of carbonyl (C=O) groups is 2. The normalized spacial score (nSPS) is 11.4. The molecule has 0 aromatic rings. The van der Waals surface area contributed by atoms with Crippen LogP contribution in [0.25, 0.3) is 0 Å². The van der Waals surface area contributed by atoms with Gasteiger partial charge in [-0.2, -0.15) is 0 Å². The summed E-state index contributed by atoms with van der Waals surface area (Å²) in [5.41, 5.74) is 0. The molecular formula is C21H39NO3. The fourth-order valence-electron chi connectivity index (χ4n) is 2.92. The average molecular weight is 354 g/mol. The molecule has 0 rings (SSSR count). The Morgan fingerprint density at radius 1 is 0.760 bits per heavy atom. The van der Waals surface area contributed by atoms with E-state index in [1.165, 1.54) is 70.6 Å². The number of carboxylic acids is 1. The third-order valence-electron chi connectivity index (χ3n) is 4.43. The minimum Gasteiger partial charge on any atom is -0.480 e. The molecule has 0 aromatic heterocycles. The smallest absolute Gasteiger partial charge is 0.317 e. The first-order valence-corrected chi connectivity index (χ1v) is 10.2. The van der Waals surface area contributed by atoms with Crippen LogP contribution in [0.5, 0.6) is 0 Å². The number of allylic oxidation sites excluding steroid dienone is 2. The van der Waals surface area contributed by atoms with E-state index in [1.807, 2.05) is 11.9 Å². The second-order valence-corrected chi connectivity index (χ2v) is 7.02. The van der Waals surface area contributed by atoms with Gasteiger partial charge in [0.1, 0.15) is 6.29 Å². The maximum Gasteiger partial charge on any atom is 0.317 e. The summed E-state index contributed by atoms with van der Waals surface area (Å²) >= 11 is 0. The number of hydrogen-bond acceptors (Lipinski definition) is 3. The maximum atomic E-state index is 10.5. The largest absolute Gasteiger partial charge is 0.480 e. The summed E-state index contributed by atoms with van der Waals surface area (Å²) < 4.78 is 0. The van der Waals surface area contributed by atoms with Crippen molar-refractivity contribution in [2.75, 3.05) is 20.1 Å². The number of hydrogen-bond donors (Lipinski definition) is 1. The summed E-state index contributed by atoms with van der Waals surface area (Å²) in [4.78, 5) is 22.6. The zero-order valence-electron chi connectivity index (χ0n) is 16.3. The molecule has 25 heavy (non-hydrogen) atoms. The lowest BCUT2D eigenvalue weighted by Crippen LogP contribution is -2.26. The zero-order chi connectivity index (χ0) is 18.6. The van der Waals surface area contributed by atoms with Crippen LogP contribution in [0.1, 0.15) is 89.9 Å². The van der Waals surface area contributed by atoms with Gasteiger partial charge in [0.15, 0.2) is 0 Å². The lowest BCUT2D eigenvalue weighted by atomic mass is 10.1. The fourth-order valence-corrected chi connectivity index (χ4v) is 2.92. The van der Waals surface area contributed by atoms with Crippen molar-refractivity contribution in [1.29, 1.82) is 0 Å². The third-order valence-corrected chi connectivity index (χ3v) is 4.43. The van der Waals surface area contributed by atoms with Crippen molar-refractivity contribution in [2.45, 2.75) is 89.9 Å². The van der Waals surface area contributed by atoms with E-state index in [-0.39, 0.29) is 6.54 Å². The second kappa shape index (κ2) is 19.2. The van der Waals surface area contributed by atoms with Gasteiger partial charge in [-0.1, -0.05) is 57.1 Å². The lowest BCUT2D eigenvalue weighted by Gasteiger charge is -2.13. The van der Waals surface area contributed by atoms with Crippen molar-refractivity contribution < 1.29 is 14.7 Å². The number of nitrogens with zero attached hydrogens (tertiary/aromatic N) is 1. The number of aliphatic carboxylic acids is 1. The first-order chi connectivity index (χ1) is 12.2. The Balaban J connectivity index is 3.17. The molecule has 4 nitrogen and oxygen atoms in total. The summed E-state index contributed by atoms with van der Waals surface area (Å²) in [6, 6.07) is 0. The Hall–Kier alpha value is -1.16. The number of rotatable bonds is 19. The van der Waals surface area contributed by atoms with Gasteiger partial charge in [-0.25, -0.2) is 0 Å². The molecule has 0 amide bonds. The SMILES string of the molecule is CN(CCCCCCCC/C=C\CCCCCCCC=O)CC(=O)O. The van der Waals surface area contributed by atoms with Crippen LogP contribution in [0.3, 0.4) is 0 Å². The van der Waals surface area contributed by atoms with Crippen molar-refractivity contribution in [2.24, 2.45) is 0 Å². The Kier molecular flexibility index (Phi) is 18.3. The van der Waals surface area contributed by atoms with Crippen molar-refractivity contribution >= 4 is 12.3 Å². The monoisotopic (exact) mass is 353 g/mol. The van der Waals surface area contributed by atoms with Crippen LogP contribution in [-0.4, -0.2) is 42.4 Å². The van der Waals surface area contributed by atoms with Gasteiger partial charge >= 0.3 is 5.97 Å². The van der Waals surface area contributed by atoms with Crippen LogP contribution < -0.4 is 0 Å². The van der Waals surface area contributed by atoms with Gasteiger partial charge in [0.05, 0.1) is 6.54 Å². The number of carbonyl (C=O) groups excluding carboxylic acids is 1. The molecular weight excluding hydrogens is 314 g/mol. The molecule has 0 aliphatic rings. The average Bonchev–Trinajstić information content (AvgIpc) is 2.57. The number of likely N-dealkylation sites (N-methyl/N-ethyl adjacent to an activating group) is 1. The van der Waals surface area contributed by atoms with Gasteiger partial charge in [0.25, 0.3) is 0 Å². The fraction of sp³-hybridized carbons (Fsp3) is 0.810. The van der Waals surface area contributed by atoms with E-state index in [9.17, 15) is 9.59 Å². The van der Waals surface area contributed by atoms with Gasteiger partial charge in [0, 0.05) is 6.42 Å². The number of aldehydes is 1. The number of unbranched alkanes of at least 4 members (excludes halogenated alkanes) is 12. The van der Waals surface area contributed by atoms with Crippen LogP contribution >= 0.6 is 0 Å². The molecule has 0 fully saturated rings. The van der Waals surface area contributed by atoms with Crippen molar-refractivity contribution in [3.63, 3.8) is 0 Å². The number of carboxylic acid groups (broad SMARTS) is 1. The molecule has 0 radical (unpaired) electrons. The van der Waals surface area contributed by atoms with Crippen molar-refractivity contribution in [3.8, 4) is 0 Å². The molecule has 0 unspecified atom stereocenters. The van der Waals surface area contributed by atoms with Crippen molar-refractivity contribution in [3.05, 3.63) is 12.2 Å². The Morgan fingerprint density at radius 3 is 1.68 bits per heavy atom. The molecule has 4 heteroatoms. The molecule has 0 atom stereocenters. The summed E-state index contributed by atoms with van der Waals surface area (Å²) in [7, 11) is 1.87. The Morgan fingerprint density at radius 2 is 1.20 bits per heavy atom. The maximum absolute atomic E-state index is 10.5. The predicted molar refractivity (Wildman–Crippen MR) is 105 cm³/mol. The molecule has 0 aliphatic heterocycles. The first-order valence-electron chi connectivity index (χ1n) is 10.2. The topological polar surface area (TPSA) is 57.6 Å². The minimum absolute atomic E-state index is 0.145. The van der Waals surface area contributed by atoms with E-state index in [1.54, 1.807) is 0 Å². The van der Waals surface area contributed by atoms with Crippen molar-refractivity contribution in [1.82, 2.24) is 4.90 Å². The van der Waals surface area contributed by atoms with E-state index < -0.39 is 5.97 Å². The van der Waals surface area contributed by atoms with E-state index in [2.05, 4.69) is 12.2 Å². The summed E-state index contributed by atoms with van der Waals surface area (Å²) in [5.74, 6) is -0.745. The summed E-state index contributed by atoms with van der Waals surface area (Å²) in [6.45, 7) is 1.03. The quantitative estimate of drug-likeness (QED) is 0.196. The first kappa shape index (κ1) is 23.8. The highest BCUT2D eigenvalue weighted by molar-refractivity contribution is 5.68. The predicted octanol–water partition coefficient (Wildman–Crippen LogP) is 5.22. The van der Waals surface area contributed by atoms with E-state index in [0.29, 0.717) is 0 Å². The second-order valence-electron chi connectivity index (χ2n) is 7.02. The molecule has 0 saturated heterocycles. The standard InChI is InChI=1S/C21H39NO3/c1-22(20-21(24)25)18-16-14-12-10-8-6-4-2-3-5-7-9-11-13-15-17-19-23/h2-3,19H,4-18,20H2,1H3,(H,24,25)/b3-2-. The molecule has 0 spiro atoms. The van der Waals surface area contributed by atoms with Crippen LogP contribution in [0.4, 0.5) is 0 Å². The van der Waals surface area contributed by atoms with Gasteiger partial charge in [-0.15, -0.1) is 0 Å². The van der Waals surface area contributed by atoms with Gasteiger partial charge in [-0.3, -0.25) is 9.69 Å². The molecule has 0 aromatic carbocycles. The summed E-state index contributed by atoms with van der Waals surface area (Å²) in [6.07, 6.45) is 22.3. The molecule has 146 valence electrons. The highest BCUT2D eigenvalue weighted by Crippen LogP contribution is 2.10. The van der Waals surface area contributed by atoms with Crippen LogP contribution in [-0.2, 0) is 9.59 Å². The van der Waals surface area contributed by atoms with Gasteiger partial charge in [-0.05, 0) is 52.1 Å². The lowest BCUT2D eigenvalue weighted by molar-refractivity contribution is -0.138. The zero-order valence-corrected chi connectivity index (χ0v) is 16.3. The van der Waals surface area contributed by atoms with Crippen LogP contribution in [0, 0.1) is 0 Å². The molecule has 0 heterocycles.